The zero-order valence-corrected chi connectivity index (χ0v) is 13.4. The van der Waals surface area contributed by atoms with E-state index in [2.05, 4.69) is 35.6 Å². The first-order valence-corrected chi connectivity index (χ1v) is 7.90. The van der Waals surface area contributed by atoms with Crippen molar-refractivity contribution >= 4 is 34.4 Å². The Morgan fingerprint density at radius 1 is 1.26 bits per heavy atom. The molecule has 0 N–H and O–H groups in total. The van der Waals surface area contributed by atoms with Crippen molar-refractivity contribution in [1.82, 2.24) is 0 Å². The third-order valence-corrected chi connectivity index (χ3v) is 4.03. The van der Waals surface area contributed by atoms with Crippen molar-refractivity contribution in [3.63, 3.8) is 0 Å². The highest BCUT2D eigenvalue weighted by molar-refractivity contribution is 14.1. The summed E-state index contributed by atoms with van der Waals surface area (Å²) in [6.07, 6.45) is 0. The molecule has 2 nitrogen and oxygen atoms in total. The lowest BCUT2D eigenvalue weighted by Gasteiger charge is -2.10. The van der Waals surface area contributed by atoms with Gasteiger partial charge in [0.15, 0.2) is 0 Å². The second-order valence-electron chi connectivity index (χ2n) is 3.73. The van der Waals surface area contributed by atoms with Crippen molar-refractivity contribution in [3.05, 3.63) is 51.6 Å². The smallest absolute Gasteiger partial charge is 0.146 e. The van der Waals surface area contributed by atoms with Gasteiger partial charge in [0.2, 0.25) is 0 Å². The molecule has 0 unspecified atom stereocenters. The van der Waals surface area contributed by atoms with E-state index in [0.717, 1.165) is 20.0 Å². The van der Waals surface area contributed by atoms with Gasteiger partial charge in [-0.1, -0.05) is 19.1 Å². The summed E-state index contributed by atoms with van der Waals surface area (Å²) in [7, 11) is 0. The molecule has 2 rings (SSSR count). The van der Waals surface area contributed by atoms with Crippen LogP contribution < -0.4 is 4.74 Å². The van der Waals surface area contributed by atoms with Crippen molar-refractivity contribution in [1.29, 1.82) is 5.26 Å². The zero-order valence-electron chi connectivity index (χ0n) is 10.4. The van der Waals surface area contributed by atoms with Gasteiger partial charge in [-0.3, -0.25) is 0 Å². The minimum Gasteiger partial charge on any atom is -0.456 e. The van der Waals surface area contributed by atoms with Crippen molar-refractivity contribution in [2.24, 2.45) is 0 Å². The molecular weight excluding hydrogens is 369 g/mol. The number of ether oxygens (including phenoxy) is 1. The van der Waals surface area contributed by atoms with Crippen LogP contribution in [0.1, 0.15) is 12.5 Å². The molecule has 0 saturated heterocycles. The standard InChI is InChI=1S/C15H12INOS/c1-2-19-15-8-4-7-14(13(15)10-17)18-12-6-3-5-11(16)9-12/h3-9H,2H2,1H3. The van der Waals surface area contributed by atoms with Gasteiger partial charge >= 0.3 is 0 Å². The number of hydrogen-bond acceptors (Lipinski definition) is 3. The molecule has 0 aliphatic heterocycles. The van der Waals surface area contributed by atoms with E-state index in [0.29, 0.717) is 11.3 Å². The van der Waals surface area contributed by atoms with E-state index in [1.165, 1.54) is 0 Å². The molecule has 0 fully saturated rings. The lowest BCUT2D eigenvalue weighted by molar-refractivity contribution is 0.479. The van der Waals surface area contributed by atoms with Gasteiger partial charge in [0.25, 0.3) is 0 Å². The Labute approximate surface area is 130 Å². The summed E-state index contributed by atoms with van der Waals surface area (Å²) < 4.78 is 6.93. The highest BCUT2D eigenvalue weighted by atomic mass is 127. The second kappa shape index (κ2) is 6.83. The van der Waals surface area contributed by atoms with Crippen LogP contribution in [0.15, 0.2) is 47.4 Å². The quantitative estimate of drug-likeness (QED) is 0.548. The maximum Gasteiger partial charge on any atom is 0.146 e. The van der Waals surface area contributed by atoms with Crippen LogP contribution in [0, 0.1) is 14.9 Å². The van der Waals surface area contributed by atoms with Crippen molar-refractivity contribution < 1.29 is 4.74 Å². The Bertz CT molecular complexity index is 622. The molecule has 2 aromatic rings. The minimum atomic E-state index is 0.605. The monoisotopic (exact) mass is 381 g/mol. The molecule has 4 heteroatoms. The van der Waals surface area contributed by atoms with Crippen molar-refractivity contribution in [3.8, 4) is 17.6 Å². The first-order chi connectivity index (χ1) is 9.24. The van der Waals surface area contributed by atoms with Crippen molar-refractivity contribution in [2.75, 3.05) is 5.75 Å². The third kappa shape index (κ3) is 3.64. The lowest BCUT2D eigenvalue weighted by atomic mass is 10.2. The van der Waals surface area contributed by atoms with Crippen LogP contribution in [-0.4, -0.2) is 5.75 Å². The molecular formula is C15H12INOS. The van der Waals surface area contributed by atoms with Gasteiger partial charge in [-0.2, -0.15) is 5.26 Å². The van der Waals surface area contributed by atoms with E-state index in [9.17, 15) is 5.26 Å². The topological polar surface area (TPSA) is 33.0 Å². The highest BCUT2D eigenvalue weighted by Gasteiger charge is 2.10. The minimum absolute atomic E-state index is 0.605. The summed E-state index contributed by atoms with van der Waals surface area (Å²) in [5.74, 6) is 2.30. The number of benzene rings is 2. The number of halogens is 1. The normalized spacial score (nSPS) is 9.95. The fraction of sp³-hybridized carbons (Fsp3) is 0.133. The van der Waals surface area contributed by atoms with E-state index in [-0.39, 0.29) is 0 Å². The van der Waals surface area contributed by atoms with E-state index in [4.69, 9.17) is 4.74 Å². The SMILES string of the molecule is CCSc1cccc(Oc2cccc(I)c2)c1C#N. The lowest BCUT2D eigenvalue weighted by Crippen LogP contribution is -1.91. The number of hydrogen-bond donors (Lipinski definition) is 0. The third-order valence-electron chi connectivity index (χ3n) is 2.42. The summed E-state index contributed by atoms with van der Waals surface area (Å²) in [6, 6.07) is 15.7. The predicted molar refractivity (Wildman–Crippen MR) is 86.8 cm³/mol. The first-order valence-electron chi connectivity index (χ1n) is 5.84. The van der Waals surface area contributed by atoms with E-state index in [1.807, 2.05) is 42.5 Å². The van der Waals surface area contributed by atoms with Gasteiger partial charge in [0.05, 0.1) is 0 Å². The van der Waals surface area contributed by atoms with Gasteiger partial charge in [-0.15, -0.1) is 11.8 Å². The Morgan fingerprint density at radius 3 is 2.74 bits per heavy atom. The Balaban J connectivity index is 2.35. The first kappa shape index (κ1) is 14.2. The largest absolute Gasteiger partial charge is 0.456 e. The van der Waals surface area contributed by atoms with Crippen LogP contribution in [0.3, 0.4) is 0 Å². The molecule has 19 heavy (non-hydrogen) atoms. The number of rotatable bonds is 4. The number of thioether (sulfide) groups is 1. The molecule has 0 aliphatic rings. The fourth-order valence-corrected chi connectivity index (χ4v) is 2.93. The molecule has 2 aromatic carbocycles. The van der Waals surface area contributed by atoms with E-state index < -0.39 is 0 Å². The Kier molecular flexibility index (Phi) is 5.11. The Hall–Kier alpha value is -1.19. The predicted octanol–water partition coefficient (Wildman–Crippen LogP) is 5.07. The van der Waals surface area contributed by atoms with Crippen molar-refractivity contribution in [2.45, 2.75) is 11.8 Å². The summed E-state index contributed by atoms with van der Waals surface area (Å²) in [5, 5.41) is 9.31. The van der Waals surface area contributed by atoms with Gasteiger partial charge in [0.1, 0.15) is 23.1 Å². The van der Waals surface area contributed by atoms with Crippen LogP contribution in [0.5, 0.6) is 11.5 Å². The molecule has 0 spiro atoms. The summed E-state index contributed by atoms with van der Waals surface area (Å²) in [4.78, 5) is 0.966. The van der Waals surface area contributed by atoms with Gasteiger partial charge < -0.3 is 4.74 Å². The van der Waals surface area contributed by atoms with E-state index in [1.54, 1.807) is 11.8 Å². The van der Waals surface area contributed by atoms with Crippen LogP contribution in [0.4, 0.5) is 0 Å². The second-order valence-corrected chi connectivity index (χ2v) is 6.29. The fourth-order valence-electron chi connectivity index (χ4n) is 1.64. The molecule has 0 aliphatic carbocycles. The summed E-state index contributed by atoms with van der Waals surface area (Å²) >= 11 is 3.89. The molecule has 0 amide bonds. The molecule has 0 heterocycles. The molecule has 0 aromatic heterocycles. The van der Waals surface area contributed by atoms with Gasteiger partial charge in [-0.05, 0) is 58.7 Å². The van der Waals surface area contributed by atoms with E-state index >= 15 is 0 Å². The molecule has 0 saturated carbocycles. The highest BCUT2D eigenvalue weighted by Crippen LogP contribution is 2.32. The Morgan fingerprint density at radius 2 is 2.05 bits per heavy atom. The molecule has 0 radical (unpaired) electrons. The number of nitrogens with zero attached hydrogens (tertiary/aromatic N) is 1. The molecule has 0 atom stereocenters. The summed E-state index contributed by atoms with van der Waals surface area (Å²) in [5.41, 5.74) is 0.605. The zero-order chi connectivity index (χ0) is 13.7. The molecule has 96 valence electrons. The maximum absolute atomic E-state index is 9.31. The number of nitriles is 1. The van der Waals surface area contributed by atoms with Gasteiger partial charge in [-0.25, -0.2) is 0 Å². The summed E-state index contributed by atoms with van der Waals surface area (Å²) in [6.45, 7) is 2.07. The van der Waals surface area contributed by atoms with Crippen LogP contribution in [0.2, 0.25) is 0 Å². The van der Waals surface area contributed by atoms with Crippen LogP contribution in [0.25, 0.3) is 0 Å². The average Bonchev–Trinajstić information content (AvgIpc) is 2.39. The van der Waals surface area contributed by atoms with Crippen LogP contribution in [-0.2, 0) is 0 Å². The molecule has 0 bridgehead atoms. The average molecular weight is 381 g/mol. The van der Waals surface area contributed by atoms with Crippen LogP contribution >= 0.6 is 34.4 Å². The maximum atomic E-state index is 9.31. The van der Waals surface area contributed by atoms with Gasteiger partial charge in [0, 0.05) is 8.47 Å².